The van der Waals surface area contributed by atoms with Crippen molar-refractivity contribution in [1.82, 2.24) is 10.6 Å². The Balaban J connectivity index is 1.34. The molecule has 11 N–H and O–H groups in total. The molecule has 50 heavy (non-hydrogen) atoms. The second-order valence-corrected chi connectivity index (χ2v) is 13.0. The first-order chi connectivity index (χ1) is 23.7. The van der Waals surface area contributed by atoms with Crippen molar-refractivity contribution in [2.24, 2.45) is 0 Å². The summed E-state index contributed by atoms with van der Waals surface area (Å²) in [6, 6.07) is -0.428. The van der Waals surface area contributed by atoms with Crippen LogP contribution < -0.4 is 26.8 Å². The van der Waals surface area contributed by atoms with Gasteiger partial charge in [-0.1, -0.05) is 12.8 Å². The molecule has 3 saturated heterocycles. The monoisotopic (exact) mass is 723 g/mol. The molecule has 1 aromatic rings. The fourth-order valence-corrected chi connectivity index (χ4v) is 6.40. The average molecular weight is 724 g/mol. The molecule has 19 heteroatoms. The normalized spacial score (nSPS) is 40.2. The third-order valence-corrected chi connectivity index (χ3v) is 9.51. The molecule has 16 atom stereocenters. The van der Waals surface area contributed by atoms with Crippen LogP contribution in [0.2, 0.25) is 0 Å². The predicted octanol–water partition coefficient (Wildman–Crippen LogP) is -4.44. The Kier molecular flexibility index (Phi) is 15.0. The van der Waals surface area contributed by atoms with Crippen molar-refractivity contribution in [2.75, 3.05) is 32.4 Å². The first kappa shape index (κ1) is 41.0. The van der Waals surface area contributed by atoms with Gasteiger partial charge in [0.1, 0.15) is 54.9 Å². The van der Waals surface area contributed by atoms with Crippen LogP contribution in [-0.2, 0) is 28.4 Å². The molecule has 4 rings (SSSR count). The van der Waals surface area contributed by atoms with Crippen LogP contribution in [0.25, 0.3) is 0 Å². The Bertz CT molecular complexity index is 1270. The molecule has 1 aromatic carbocycles. The van der Waals surface area contributed by atoms with Crippen LogP contribution in [0.1, 0.15) is 58.1 Å². The van der Waals surface area contributed by atoms with Gasteiger partial charge in [-0.2, -0.15) is 0 Å². The number of unbranched alkanes of at least 4 members (excludes halogenated alkanes) is 2. The van der Waals surface area contributed by atoms with Gasteiger partial charge in [-0.05, 0) is 33.6 Å². The van der Waals surface area contributed by atoms with Crippen molar-refractivity contribution in [3.05, 3.63) is 26.0 Å². The van der Waals surface area contributed by atoms with Gasteiger partial charge in [0.05, 0.1) is 30.7 Å². The maximum atomic E-state index is 12.3. The van der Waals surface area contributed by atoms with Crippen molar-refractivity contribution in [2.45, 2.75) is 145 Å². The van der Waals surface area contributed by atoms with E-state index in [0.717, 1.165) is 0 Å². The largest absolute Gasteiger partial charge is 0.388 e. The minimum Gasteiger partial charge on any atom is -0.388 e. The molecule has 288 valence electrons. The zero-order valence-corrected chi connectivity index (χ0v) is 28.5. The highest BCUT2D eigenvalue weighted by molar-refractivity contribution is 5.57. The van der Waals surface area contributed by atoms with E-state index in [4.69, 9.17) is 33.5 Å². The van der Waals surface area contributed by atoms with Gasteiger partial charge in [0.15, 0.2) is 18.9 Å². The van der Waals surface area contributed by atoms with Crippen molar-refractivity contribution in [3.63, 3.8) is 0 Å². The summed E-state index contributed by atoms with van der Waals surface area (Å²) in [5.74, 6) is 0. The summed E-state index contributed by atoms with van der Waals surface area (Å²) in [5.41, 5.74) is -0.509. The highest BCUT2D eigenvalue weighted by Gasteiger charge is 2.52. The highest BCUT2D eigenvalue weighted by Crippen LogP contribution is 2.33. The quantitative estimate of drug-likeness (QED) is 0.0411. The average Bonchev–Trinajstić information content (AvgIpc) is 3.09. The SMILES string of the molecule is CNc1c(C(CCCCCO[C@@H]2OC(C)[C@H](O)[C@H](O)C2O[C@@H]2OC(C)[C@H](O)[C@H](O[C@@H]3OC(C)[C@H](O)[C@H](O)C3O)C2O)NCNCO)c(=O)c1=O. The molecule has 0 radical (unpaired) electrons. The fraction of sp³-hybridized carbons (Fsp3) is 0.871. The van der Waals surface area contributed by atoms with Crippen LogP contribution >= 0.6 is 0 Å². The molecule has 0 amide bonds. The van der Waals surface area contributed by atoms with E-state index in [1.54, 1.807) is 7.05 Å². The Morgan fingerprint density at radius 3 is 1.90 bits per heavy atom. The second-order valence-electron chi connectivity index (χ2n) is 13.0. The van der Waals surface area contributed by atoms with Gasteiger partial charge in [0.2, 0.25) is 10.9 Å². The van der Waals surface area contributed by atoms with E-state index in [1.807, 2.05) is 0 Å². The minimum absolute atomic E-state index is 0.129. The van der Waals surface area contributed by atoms with Crippen molar-refractivity contribution < 1.29 is 69.3 Å². The van der Waals surface area contributed by atoms with Crippen molar-refractivity contribution in [1.29, 1.82) is 0 Å². The molecule has 0 aliphatic carbocycles. The van der Waals surface area contributed by atoms with Gasteiger partial charge in [-0.15, -0.1) is 0 Å². The molecule has 7 unspecified atom stereocenters. The van der Waals surface area contributed by atoms with Crippen molar-refractivity contribution in [3.8, 4) is 0 Å². The number of rotatable bonds is 17. The van der Waals surface area contributed by atoms with Crippen LogP contribution in [-0.4, -0.2) is 160 Å². The third-order valence-electron chi connectivity index (χ3n) is 9.51. The van der Waals surface area contributed by atoms with Crippen LogP contribution in [0.3, 0.4) is 0 Å². The molecule has 0 aromatic heterocycles. The van der Waals surface area contributed by atoms with E-state index < -0.39 is 109 Å². The Morgan fingerprint density at radius 1 is 0.680 bits per heavy atom. The van der Waals surface area contributed by atoms with Crippen LogP contribution in [0.5, 0.6) is 0 Å². The maximum Gasteiger partial charge on any atom is 0.249 e. The number of aliphatic hydroxyl groups excluding tert-OH is 8. The number of anilines is 1. The molecule has 3 heterocycles. The van der Waals surface area contributed by atoms with E-state index in [0.29, 0.717) is 31.2 Å². The summed E-state index contributed by atoms with van der Waals surface area (Å²) >= 11 is 0. The lowest BCUT2D eigenvalue weighted by Crippen LogP contribution is -2.65. The molecule has 0 saturated carbocycles. The lowest BCUT2D eigenvalue weighted by molar-refractivity contribution is -0.380. The molecule has 3 fully saturated rings. The van der Waals surface area contributed by atoms with E-state index in [-0.39, 0.29) is 25.7 Å². The summed E-state index contributed by atoms with van der Waals surface area (Å²) in [7, 11) is 1.56. The van der Waals surface area contributed by atoms with Gasteiger partial charge in [0, 0.05) is 31.9 Å². The van der Waals surface area contributed by atoms with Gasteiger partial charge in [-0.3, -0.25) is 20.2 Å². The van der Waals surface area contributed by atoms with Gasteiger partial charge in [-0.25, -0.2) is 0 Å². The van der Waals surface area contributed by atoms with Gasteiger partial charge >= 0.3 is 0 Å². The van der Waals surface area contributed by atoms with E-state index in [2.05, 4.69) is 16.0 Å². The van der Waals surface area contributed by atoms with Crippen LogP contribution in [0, 0.1) is 0 Å². The summed E-state index contributed by atoms with van der Waals surface area (Å²) < 4.78 is 34.5. The summed E-state index contributed by atoms with van der Waals surface area (Å²) in [6.45, 7) is 4.53. The molecular weight excluding hydrogens is 670 g/mol. The number of hydrogen-bond acceptors (Lipinski definition) is 19. The summed E-state index contributed by atoms with van der Waals surface area (Å²) in [4.78, 5) is 24.2. The number of ether oxygens (including phenoxy) is 6. The molecule has 19 nitrogen and oxygen atoms in total. The predicted molar refractivity (Wildman–Crippen MR) is 171 cm³/mol. The molecule has 0 bridgehead atoms. The van der Waals surface area contributed by atoms with E-state index >= 15 is 0 Å². The Morgan fingerprint density at radius 2 is 1.26 bits per heavy atom. The molecular formula is C31H53N3O16. The second kappa shape index (κ2) is 18.3. The van der Waals surface area contributed by atoms with E-state index in [9.17, 15) is 45.3 Å². The Labute approximate surface area is 288 Å². The highest BCUT2D eigenvalue weighted by atomic mass is 16.8. The van der Waals surface area contributed by atoms with Crippen LogP contribution in [0.4, 0.5) is 5.69 Å². The third kappa shape index (κ3) is 9.05. The number of hydrogen-bond donors (Lipinski definition) is 11. The fourth-order valence-electron chi connectivity index (χ4n) is 6.40. The smallest absolute Gasteiger partial charge is 0.249 e. The zero-order valence-electron chi connectivity index (χ0n) is 28.5. The van der Waals surface area contributed by atoms with Crippen LogP contribution in [0.15, 0.2) is 9.59 Å². The minimum atomic E-state index is -1.73. The topological polar surface area (TPSA) is 287 Å². The lowest BCUT2D eigenvalue weighted by Gasteiger charge is -2.47. The van der Waals surface area contributed by atoms with Gasteiger partial charge in [0.25, 0.3) is 0 Å². The van der Waals surface area contributed by atoms with E-state index in [1.165, 1.54) is 20.8 Å². The molecule has 3 aliphatic rings. The first-order valence-corrected chi connectivity index (χ1v) is 16.9. The Hall–Kier alpha value is -1.76. The lowest BCUT2D eigenvalue weighted by atomic mass is 9.94. The zero-order chi connectivity index (χ0) is 36.9. The maximum absolute atomic E-state index is 12.3. The van der Waals surface area contributed by atoms with Crippen molar-refractivity contribution >= 4 is 5.69 Å². The molecule has 0 spiro atoms. The summed E-state index contributed by atoms with van der Waals surface area (Å²) in [6.07, 6.45) is -18.5. The summed E-state index contributed by atoms with van der Waals surface area (Å²) in [5, 5.41) is 91.7. The number of aliphatic hydroxyl groups is 8. The molecule has 3 aliphatic heterocycles. The first-order valence-electron chi connectivity index (χ1n) is 16.9. The van der Waals surface area contributed by atoms with Gasteiger partial charge < -0.3 is 74.6 Å². The standard InChI is InChI=1S/C31H53N3O16/c1-12-18(36)23(41)25(43)29(46-12)49-27-20(38)14(3)47-30(26(27)44)50-28-24(42)19(37)13(2)48-31(28)45-9-7-5-6-8-15(34-10-33-11-35)16-17(32-4)22(40)21(16)39/h12-15,18-20,23-38,41-44H,5-11H2,1-4H3/t12?,13?,14?,15?,18-,19-,20-,23-,24-,25?,26?,27-,28?,29-,30-,31+/m0/s1. The number of nitrogens with one attached hydrogen (secondary N) is 3.